The largest absolute Gasteiger partial charge is 0.433 e. The maximum atomic E-state index is 12.7. The van der Waals surface area contributed by atoms with Crippen LogP contribution >= 0.6 is 0 Å². The van der Waals surface area contributed by atoms with Crippen molar-refractivity contribution >= 4 is 17.6 Å². The molecule has 1 fully saturated rings. The van der Waals surface area contributed by atoms with Crippen molar-refractivity contribution in [3.05, 3.63) is 30.4 Å². The molecule has 0 amide bonds. The number of rotatable bonds is 4. The molecule has 140 valence electrons. The number of hydrogen-bond donors (Lipinski definition) is 1. The second kappa shape index (κ2) is 7.30. The van der Waals surface area contributed by atoms with E-state index in [0.29, 0.717) is 5.95 Å². The van der Waals surface area contributed by atoms with Gasteiger partial charge in [-0.1, -0.05) is 0 Å². The topological polar surface area (TPSA) is 70.1 Å². The number of piperidine rings is 1. The Hall–Kier alpha value is -2.65. The summed E-state index contributed by atoms with van der Waals surface area (Å²) in [5.41, 5.74) is -0.940. The zero-order chi connectivity index (χ0) is 18.7. The number of alkyl halides is 3. The van der Waals surface area contributed by atoms with E-state index < -0.39 is 11.9 Å². The second-order valence-corrected chi connectivity index (χ2v) is 6.30. The van der Waals surface area contributed by atoms with Gasteiger partial charge in [0.1, 0.15) is 23.7 Å². The van der Waals surface area contributed by atoms with Crippen LogP contribution in [0.3, 0.4) is 0 Å². The Balaban J connectivity index is 1.60. The predicted molar refractivity (Wildman–Crippen MR) is 92.3 cm³/mol. The van der Waals surface area contributed by atoms with Crippen molar-refractivity contribution in [2.75, 3.05) is 42.3 Å². The van der Waals surface area contributed by atoms with Crippen molar-refractivity contribution in [3.63, 3.8) is 0 Å². The van der Waals surface area contributed by atoms with Gasteiger partial charge in [-0.3, -0.25) is 0 Å². The lowest BCUT2D eigenvalue weighted by Crippen LogP contribution is -2.39. The molecule has 1 aliphatic heterocycles. The first-order chi connectivity index (χ1) is 12.3. The van der Waals surface area contributed by atoms with E-state index in [-0.39, 0.29) is 11.9 Å². The van der Waals surface area contributed by atoms with Gasteiger partial charge in [-0.15, -0.1) is 0 Å². The Kier molecular flexibility index (Phi) is 5.10. The molecule has 26 heavy (non-hydrogen) atoms. The van der Waals surface area contributed by atoms with Gasteiger partial charge in [-0.2, -0.15) is 18.2 Å². The summed E-state index contributed by atoms with van der Waals surface area (Å²) in [6, 6.07) is 2.86. The lowest BCUT2D eigenvalue weighted by Gasteiger charge is -2.33. The smallest absolute Gasteiger partial charge is 0.367 e. The normalized spacial score (nSPS) is 15.8. The molecule has 0 aromatic carbocycles. The van der Waals surface area contributed by atoms with Crippen LogP contribution in [-0.2, 0) is 6.18 Å². The minimum Gasteiger partial charge on any atom is -0.367 e. The summed E-state index contributed by atoms with van der Waals surface area (Å²) in [4.78, 5) is 19.9. The highest BCUT2D eigenvalue weighted by atomic mass is 19.4. The van der Waals surface area contributed by atoms with Crippen LogP contribution in [0.4, 0.5) is 30.8 Å². The Bertz CT molecular complexity index is 743. The lowest BCUT2D eigenvalue weighted by molar-refractivity contribution is -0.141. The molecular weight excluding hydrogens is 347 g/mol. The van der Waals surface area contributed by atoms with Crippen LogP contribution in [0.1, 0.15) is 18.5 Å². The van der Waals surface area contributed by atoms with Crippen LogP contribution in [0, 0.1) is 0 Å². The van der Waals surface area contributed by atoms with Crippen molar-refractivity contribution in [2.45, 2.75) is 25.1 Å². The quantitative estimate of drug-likeness (QED) is 0.890. The molecule has 0 aliphatic carbocycles. The van der Waals surface area contributed by atoms with Crippen LogP contribution in [0.25, 0.3) is 0 Å². The summed E-state index contributed by atoms with van der Waals surface area (Å²) in [5, 5.41) is 3.08. The molecule has 0 radical (unpaired) electrons. The highest BCUT2D eigenvalue weighted by Crippen LogP contribution is 2.28. The number of aromatic nitrogens is 4. The molecule has 1 saturated heterocycles. The van der Waals surface area contributed by atoms with Gasteiger partial charge >= 0.3 is 6.18 Å². The molecule has 0 spiro atoms. The third-order valence-corrected chi connectivity index (χ3v) is 4.16. The first-order valence-electron chi connectivity index (χ1n) is 8.24. The Morgan fingerprint density at radius 2 is 1.88 bits per heavy atom. The molecule has 7 nitrogen and oxygen atoms in total. The molecule has 10 heteroatoms. The second-order valence-electron chi connectivity index (χ2n) is 6.30. The highest BCUT2D eigenvalue weighted by Gasteiger charge is 2.33. The third kappa shape index (κ3) is 4.30. The predicted octanol–water partition coefficient (Wildman–Crippen LogP) is 2.43. The zero-order valence-electron chi connectivity index (χ0n) is 14.5. The molecule has 0 atom stereocenters. The third-order valence-electron chi connectivity index (χ3n) is 4.16. The van der Waals surface area contributed by atoms with Crippen molar-refractivity contribution in [1.29, 1.82) is 0 Å². The summed E-state index contributed by atoms with van der Waals surface area (Å²) in [7, 11) is 3.76. The maximum Gasteiger partial charge on any atom is 0.433 e. The molecule has 2 aromatic heterocycles. The molecule has 1 N–H and O–H groups in total. The number of nitrogens with one attached hydrogen (secondary N) is 1. The zero-order valence-corrected chi connectivity index (χ0v) is 14.5. The molecule has 3 heterocycles. The van der Waals surface area contributed by atoms with Crippen LogP contribution < -0.4 is 15.1 Å². The fourth-order valence-electron chi connectivity index (χ4n) is 2.78. The standard InChI is InChI=1S/C16H20F3N7/c1-25(2)15-20-6-3-14(24-15)26-7-4-11(5-8-26)23-13-9-12(16(17,18)19)21-10-22-13/h3,6,9-11H,4-5,7-8H2,1-2H3,(H,21,22,23). The Morgan fingerprint density at radius 1 is 1.15 bits per heavy atom. The van der Waals surface area contributed by atoms with Crippen LogP contribution in [0.5, 0.6) is 0 Å². The van der Waals surface area contributed by atoms with E-state index >= 15 is 0 Å². The minimum absolute atomic E-state index is 0.0531. The van der Waals surface area contributed by atoms with Gasteiger partial charge < -0.3 is 15.1 Å². The summed E-state index contributed by atoms with van der Waals surface area (Å²) >= 11 is 0. The van der Waals surface area contributed by atoms with Crippen molar-refractivity contribution < 1.29 is 13.2 Å². The fourth-order valence-corrected chi connectivity index (χ4v) is 2.78. The average Bonchev–Trinajstić information content (AvgIpc) is 2.62. The Morgan fingerprint density at radius 3 is 2.54 bits per heavy atom. The van der Waals surface area contributed by atoms with Gasteiger partial charge in [0.25, 0.3) is 0 Å². The summed E-state index contributed by atoms with van der Waals surface area (Å²) in [6.07, 6.45) is -0.273. The van der Waals surface area contributed by atoms with Crippen LogP contribution in [0.2, 0.25) is 0 Å². The molecule has 0 saturated carbocycles. The summed E-state index contributed by atoms with van der Waals surface area (Å²) in [6.45, 7) is 1.50. The molecule has 3 rings (SSSR count). The number of nitrogens with zero attached hydrogens (tertiary/aromatic N) is 6. The van der Waals surface area contributed by atoms with E-state index in [4.69, 9.17) is 0 Å². The van der Waals surface area contributed by atoms with Crippen molar-refractivity contribution in [3.8, 4) is 0 Å². The SMILES string of the molecule is CN(C)c1nccc(N2CCC(Nc3cc(C(F)(F)F)ncn3)CC2)n1. The molecule has 0 unspecified atom stereocenters. The van der Waals surface area contributed by atoms with Gasteiger partial charge in [0.15, 0.2) is 0 Å². The van der Waals surface area contributed by atoms with E-state index in [1.54, 1.807) is 6.20 Å². The monoisotopic (exact) mass is 367 g/mol. The van der Waals surface area contributed by atoms with Crippen molar-refractivity contribution in [2.24, 2.45) is 0 Å². The van der Waals surface area contributed by atoms with E-state index in [1.165, 1.54) is 0 Å². The number of hydrogen-bond acceptors (Lipinski definition) is 7. The first kappa shape index (κ1) is 18.2. The maximum absolute atomic E-state index is 12.7. The van der Waals surface area contributed by atoms with Gasteiger partial charge in [-0.25, -0.2) is 15.0 Å². The highest BCUT2D eigenvalue weighted by molar-refractivity contribution is 5.44. The van der Waals surface area contributed by atoms with E-state index in [2.05, 4.69) is 30.2 Å². The van der Waals surface area contributed by atoms with E-state index in [1.807, 2.05) is 25.1 Å². The van der Waals surface area contributed by atoms with Gasteiger partial charge in [0, 0.05) is 45.5 Å². The summed E-state index contributed by atoms with van der Waals surface area (Å²) < 4.78 is 38.2. The van der Waals surface area contributed by atoms with E-state index in [9.17, 15) is 13.2 Å². The molecule has 2 aromatic rings. The minimum atomic E-state index is -4.47. The number of anilines is 3. The lowest BCUT2D eigenvalue weighted by atomic mass is 10.1. The van der Waals surface area contributed by atoms with Crippen molar-refractivity contribution in [1.82, 2.24) is 19.9 Å². The Labute approximate surface area is 149 Å². The van der Waals surface area contributed by atoms with Gasteiger partial charge in [-0.05, 0) is 18.9 Å². The fraction of sp³-hybridized carbons (Fsp3) is 0.500. The average molecular weight is 367 g/mol. The molecular formula is C16H20F3N7. The first-order valence-corrected chi connectivity index (χ1v) is 8.24. The molecule has 0 bridgehead atoms. The summed E-state index contributed by atoms with van der Waals surface area (Å²) in [5.74, 6) is 1.69. The molecule has 1 aliphatic rings. The number of halogens is 3. The van der Waals surface area contributed by atoms with E-state index in [0.717, 1.165) is 44.1 Å². The van der Waals surface area contributed by atoms with Crippen LogP contribution in [-0.4, -0.2) is 53.2 Å². The van der Waals surface area contributed by atoms with Gasteiger partial charge in [0.05, 0.1) is 0 Å². The van der Waals surface area contributed by atoms with Crippen LogP contribution in [0.15, 0.2) is 24.7 Å². The van der Waals surface area contributed by atoms with Gasteiger partial charge in [0.2, 0.25) is 5.95 Å².